The molecule has 32 heavy (non-hydrogen) atoms. The van der Waals surface area contributed by atoms with Crippen molar-refractivity contribution in [3.05, 3.63) is 29.3 Å². The smallest absolute Gasteiger partial charge is 0.311 e. The van der Waals surface area contributed by atoms with Crippen LogP contribution in [0.5, 0.6) is 5.75 Å². The molecule has 0 heterocycles. The van der Waals surface area contributed by atoms with E-state index >= 15 is 0 Å². The molecule has 0 amide bonds. The number of unbranched alkanes of at least 4 members (excludes halogenated alkanes) is 6. The Balaban J connectivity index is 3.15. The zero-order valence-corrected chi connectivity index (χ0v) is 20.7. The first-order valence-corrected chi connectivity index (χ1v) is 12.4. The third-order valence-electron chi connectivity index (χ3n) is 5.84. The van der Waals surface area contributed by atoms with Gasteiger partial charge in [-0.2, -0.15) is 0 Å². The standard InChI is InChI=1S/C27H44O5/c1-6-7-8-9-10-11-12-16-32-24-15-13-14-21(22(26(28)29)17-19(2)3)25(24)23(27(30)31)18-20(4)5/h13-15,19-20,22-23H,6-12,16-18H2,1-5H3,(H,28,29)(H,30,31). The molecule has 0 saturated heterocycles. The van der Waals surface area contributed by atoms with E-state index in [4.69, 9.17) is 4.74 Å². The minimum Gasteiger partial charge on any atom is -0.493 e. The summed E-state index contributed by atoms with van der Waals surface area (Å²) in [5, 5.41) is 20.0. The van der Waals surface area contributed by atoms with Crippen molar-refractivity contribution >= 4 is 11.9 Å². The van der Waals surface area contributed by atoms with Gasteiger partial charge in [-0.25, -0.2) is 0 Å². The molecule has 5 heteroatoms. The lowest BCUT2D eigenvalue weighted by Gasteiger charge is -2.25. The van der Waals surface area contributed by atoms with Gasteiger partial charge in [0.1, 0.15) is 5.75 Å². The lowest BCUT2D eigenvalue weighted by Crippen LogP contribution is -2.22. The highest BCUT2D eigenvalue weighted by Gasteiger charge is 2.32. The molecule has 0 saturated carbocycles. The molecule has 0 fully saturated rings. The normalized spacial score (nSPS) is 13.3. The fourth-order valence-corrected chi connectivity index (χ4v) is 4.25. The molecule has 0 bridgehead atoms. The largest absolute Gasteiger partial charge is 0.493 e. The van der Waals surface area contributed by atoms with Crippen LogP contribution in [0.1, 0.15) is 115 Å². The van der Waals surface area contributed by atoms with Crippen LogP contribution in [0.4, 0.5) is 0 Å². The first-order valence-electron chi connectivity index (χ1n) is 12.4. The summed E-state index contributed by atoms with van der Waals surface area (Å²) < 4.78 is 6.10. The monoisotopic (exact) mass is 448 g/mol. The van der Waals surface area contributed by atoms with Gasteiger partial charge in [0.15, 0.2) is 0 Å². The number of rotatable bonds is 17. The molecule has 1 aromatic carbocycles. The van der Waals surface area contributed by atoms with Gasteiger partial charge in [0.25, 0.3) is 0 Å². The van der Waals surface area contributed by atoms with Crippen LogP contribution >= 0.6 is 0 Å². The van der Waals surface area contributed by atoms with E-state index in [1.165, 1.54) is 32.1 Å². The zero-order valence-electron chi connectivity index (χ0n) is 20.7. The number of benzene rings is 1. The van der Waals surface area contributed by atoms with Crippen LogP contribution in [0.15, 0.2) is 18.2 Å². The maximum absolute atomic E-state index is 12.3. The van der Waals surface area contributed by atoms with Gasteiger partial charge >= 0.3 is 11.9 Å². The summed E-state index contributed by atoms with van der Waals surface area (Å²) in [6.07, 6.45) is 9.08. The molecule has 0 aliphatic heterocycles. The Morgan fingerprint density at radius 3 is 1.88 bits per heavy atom. The first kappa shape index (κ1) is 28.0. The molecule has 0 aromatic heterocycles. The highest BCUT2D eigenvalue weighted by molar-refractivity contribution is 5.82. The Bertz CT molecular complexity index is 695. The number of aliphatic carboxylic acids is 2. The summed E-state index contributed by atoms with van der Waals surface area (Å²) in [5.74, 6) is -2.52. The lowest BCUT2D eigenvalue weighted by molar-refractivity contribution is -0.140. The fourth-order valence-electron chi connectivity index (χ4n) is 4.25. The fraction of sp³-hybridized carbons (Fsp3) is 0.704. The second-order valence-electron chi connectivity index (χ2n) is 9.77. The second-order valence-corrected chi connectivity index (χ2v) is 9.77. The highest BCUT2D eigenvalue weighted by atomic mass is 16.5. The van der Waals surface area contributed by atoms with Crippen molar-refractivity contribution in [1.29, 1.82) is 0 Å². The number of hydrogen-bond acceptors (Lipinski definition) is 3. The van der Waals surface area contributed by atoms with Crippen molar-refractivity contribution in [3.63, 3.8) is 0 Å². The van der Waals surface area contributed by atoms with E-state index in [1.807, 2.05) is 27.7 Å². The molecule has 1 rings (SSSR count). The number of carboxylic acid groups (broad SMARTS) is 2. The van der Waals surface area contributed by atoms with Crippen LogP contribution in [-0.2, 0) is 9.59 Å². The summed E-state index contributed by atoms with van der Waals surface area (Å²) in [6.45, 7) is 10.7. The molecular formula is C27H44O5. The summed E-state index contributed by atoms with van der Waals surface area (Å²) in [7, 11) is 0. The van der Waals surface area contributed by atoms with Gasteiger partial charge in [-0.05, 0) is 42.7 Å². The summed E-state index contributed by atoms with van der Waals surface area (Å²) in [6, 6.07) is 5.36. The average Bonchev–Trinajstić information content (AvgIpc) is 2.71. The van der Waals surface area contributed by atoms with Gasteiger partial charge in [0.05, 0.1) is 18.4 Å². The molecule has 5 nitrogen and oxygen atoms in total. The predicted molar refractivity (Wildman–Crippen MR) is 130 cm³/mol. The second kappa shape index (κ2) is 14.9. The maximum Gasteiger partial charge on any atom is 0.311 e. The Hall–Kier alpha value is -2.04. The quantitative estimate of drug-likeness (QED) is 0.245. The van der Waals surface area contributed by atoms with E-state index in [1.54, 1.807) is 18.2 Å². The van der Waals surface area contributed by atoms with Gasteiger partial charge in [-0.1, -0.05) is 85.3 Å². The average molecular weight is 449 g/mol. The Kier molecular flexibility index (Phi) is 13.0. The van der Waals surface area contributed by atoms with Crippen molar-refractivity contribution in [1.82, 2.24) is 0 Å². The molecule has 2 atom stereocenters. The van der Waals surface area contributed by atoms with Gasteiger partial charge in [0.2, 0.25) is 0 Å². The van der Waals surface area contributed by atoms with Crippen molar-refractivity contribution in [3.8, 4) is 5.75 Å². The SMILES string of the molecule is CCCCCCCCCOc1cccc(C(CC(C)C)C(=O)O)c1C(CC(C)C)C(=O)O. The van der Waals surface area contributed by atoms with Crippen molar-refractivity contribution in [2.45, 2.75) is 104 Å². The molecule has 0 aliphatic carbocycles. The van der Waals surface area contributed by atoms with E-state index in [9.17, 15) is 19.8 Å². The van der Waals surface area contributed by atoms with E-state index in [0.717, 1.165) is 12.8 Å². The highest BCUT2D eigenvalue weighted by Crippen LogP contribution is 2.40. The lowest BCUT2D eigenvalue weighted by atomic mass is 9.80. The van der Waals surface area contributed by atoms with Gasteiger partial charge in [0, 0.05) is 5.56 Å². The number of hydrogen-bond donors (Lipinski definition) is 2. The number of carbonyl (C=O) groups is 2. The van der Waals surface area contributed by atoms with Crippen LogP contribution in [0.2, 0.25) is 0 Å². The van der Waals surface area contributed by atoms with Crippen molar-refractivity contribution in [2.75, 3.05) is 6.61 Å². The minimum absolute atomic E-state index is 0.161. The van der Waals surface area contributed by atoms with Gasteiger partial charge in [-0.15, -0.1) is 0 Å². The maximum atomic E-state index is 12.3. The van der Waals surface area contributed by atoms with E-state index in [-0.39, 0.29) is 11.8 Å². The molecule has 0 spiro atoms. The topological polar surface area (TPSA) is 83.8 Å². The Labute approximate surface area is 194 Å². The third-order valence-corrected chi connectivity index (χ3v) is 5.84. The van der Waals surface area contributed by atoms with Crippen LogP contribution in [0, 0.1) is 11.8 Å². The summed E-state index contributed by atoms with van der Waals surface area (Å²) in [4.78, 5) is 24.4. The molecule has 2 unspecified atom stereocenters. The van der Waals surface area contributed by atoms with Crippen molar-refractivity contribution in [2.24, 2.45) is 11.8 Å². The molecule has 0 aliphatic rings. The molecule has 0 radical (unpaired) electrons. The van der Waals surface area contributed by atoms with Crippen LogP contribution in [-0.4, -0.2) is 28.8 Å². The summed E-state index contributed by atoms with van der Waals surface area (Å²) >= 11 is 0. The molecule has 1 aromatic rings. The van der Waals surface area contributed by atoms with Crippen LogP contribution < -0.4 is 4.74 Å². The zero-order chi connectivity index (χ0) is 24.1. The van der Waals surface area contributed by atoms with Crippen molar-refractivity contribution < 1.29 is 24.5 Å². The molecule has 2 N–H and O–H groups in total. The van der Waals surface area contributed by atoms with Gasteiger partial charge in [-0.3, -0.25) is 9.59 Å². The number of carboxylic acids is 2. The Morgan fingerprint density at radius 1 is 0.812 bits per heavy atom. The Morgan fingerprint density at radius 2 is 1.34 bits per heavy atom. The number of ether oxygens (including phenoxy) is 1. The first-order chi connectivity index (χ1) is 15.2. The van der Waals surface area contributed by atoms with Gasteiger partial charge < -0.3 is 14.9 Å². The predicted octanol–water partition coefficient (Wildman–Crippen LogP) is 7.24. The van der Waals surface area contributed by atoms with Crippen LogP contribution in [0.25, 0.3) is 0 Å². The van der Waals surface area contributed by atoms with E-state index in [2.05, 4.69) is 6.92 Å². The van der Waals surface area contributed by atoms with E-state index in [0.29, 0.717) is 36.3 Å². The summed E-state index contributed by atoms with van der Waals surface area (Å²) in [5.41, 5.74) is 1.13. The van der Waals surface area contributed by atoms with Crippen LogP contribution in [0.3, 0.4) is 0 Å². The molecule has 182 valence electrons. The van der Waals surface area contributed by atoms with E-state index < -0.39 is 23.8 Å². The minimum atomic E-state index is -0.930. The third kappa shape index (κ3) is 9.62. The molecular weight excluding hydrogens is 404 g/mol.